The third-order valence-corrected chi connectivity index (χ3v) is 2.99. The maximum Gasteiger partial charge on any atom is 0.118 e. The molecule has 0 aromatic heterocycles. The van der Waals surface area contributed by atoms with Crippen LogP contribution in [-0.2, 0) is 6.42 Å². The molecule has 0 amide bonds. The van der Waals surface area contributed by atoms with E-state index in [1.165, 1.54) is 0 Å². The number of hydrogen-bond donors (Lipinski definition) is 1. The van der Waals surface area contributed by atoms with Gasteiger partial charge in [-0.1, -0.05) is 24.3 Å². The van der Waals surface area contributed by atoms with Crippen molar-refractivity contribution in [1.29, 1.82) is 5.26 Å². The smallest absolute Gasteiger partial charge is 0.118 e. The number of nitrogens with zero attached hydrogens (tertiary/aromatic N) is 1. The highest BCUT2D eigenvalue weighted by Crippen LogP contribution is 2.21. The second kappa shape index (κ2) is 6.03. The van der Waals surface area contributed by atoms with Crippen LogP contribution in [0.3, 0.4) is 0 Å². The van der Waals surface area contributed by atoms with Gasteiger partial charge in [0.25, 0.3) is 0 Å². The zero-order valence-electron chi connectivity index (χ0n) is 10.7. The molecule has 1 N–H and O–H groups in total. The van der Waals surface area contributed by atoms with Gasteiger partial charge in [0.2, 0.25) is 0 Å². The molecule has 3 nitrogen and oxygen atoms in total. The van der Waals surface area contributed by atoms with E-state index in [1.54, 1.807) is 19.2 Å². The van der Waals surface area contributed by atoms with Crippen LogP contribution in [0.25, 0.3) is 0 Å². The van der Waals surface area contributed by atoms with Gasteiger partial charge in [-0.2, -0.15) is 5.26 Å². The highest BCUT2D eigenvalue weighted by atomic mass is 16.5. The number of methoxy groups -OCH3 is 1. The molecule has 0 fully saturated rings. The SMILES string of the molecule is COc1ccc(C(O)Cc2cccc(C#N)c2)cc1. The molecular weight excluding hydrogens is 238 g/mol. The number of rotatable bonds is 4. The summed E-state index contributed by atoms with van der Waals surface area (Å²) in [7, 11) is 1.61. The van der Waals surface area contributed by atoms with Gasteiger partial charge >= 0.3 is 0 Å². The van der Waals surface area contributed by atoms with Crippen molar-refractivity contribution in [2.24, 2.45) is 0 Å². The van der Waals surface area contributed by atoms with Crippen LogP contribution < -0.4 is 4.74 Å². The summed E-state index contributed by atoms with van der Waals surface area (Å²) < 4.78 is 5.08. The summed E-state index contributed by atoms with van der Waals surface area (Å²) in [5.41, 5.74) is 2.39. The fourth-order valence-electron chi connectivity index (χ4n) is 1.94. The van der Waals surface area contributed by atoms with Crippen LogP contribution in [0.2, 0.25) is 0 Å². The molecule has 1 atom stereocenters. The van der Waals surface area contributed by atoms with Gasteiger partial charge in [0, 0.05) is 6.42 Å². The molecule has 0 aliphatic carbocycles. The van der Waals surface area contributed by atoms with Gasteiger partial charge in [0.1, 0.15) is 5.75 Å². The third-order valence-electron chi connectivity index (χ3n) is 2.99. The van der Waals surface area contributed by atoms with Crippen molar-refractivity contribution < 1.29 is 9.84 Å². The zero-order chi connectivity index (χ0) is 13.7. The molecule has 0 aliphatic heterocycles. The predicted octanol–water partition coefficient (Wildman–Crippen LogP) is 2.84. The lowest BCUT2D eigenvalue weighted by molar-refractivity contribution is 0.178. The second-order valence-corrected chi connectivity index (χ2v) is 4.31. The van der Waals surface area contributed by atoms with Gasteiger partial charge in [-0.05, 0) is 35.4 Å². The standard InChI is InChI=1S/C16H15NO2/c1-19-15-7-5-14(6-8-15)16(18)10-12-3-2-4-13(9-12)11-17/h2-9,16,18H,10H2,1H3. The van der Waals surface area contributed by atoms with Crippen LogP contribution >= 0.6 is 0 Å². The lowest BCUT2D eigenvalue weighted by Crippen LogP contribution is -2.02. The van der Waals surface area contributed by atoms with Crippen LogP contribution in [0.1, 0.15) is 22.8 Å². The molecule has 0 saturated carbocycles. The average Bonchev–Trinajstić information content (AvgIpc) is 2.47. The Balaban J connectivity index is 2.11. The summed E-state index contributed by atoms with van der Waals surface area (Å²) >= 11 is 0. The minimum Gasteiger partial charge on any atom is -0.497 e. The first-order valence-electron chi connectivity index (χ1n) is 6.04. The fourth-order valence-corrected chi connectivity index (χ4v) is 1.94. The quantitative estimate of drug-likeness (QED) is 0.911. The lowest BCUT2D eigenvalue weighted by atomic mass is 10.0. The molecule has 0 aliphatic rings. The first-order chi connectivity index (χ1) is 9.22. The molecule has 0 heterocycles. The Morgan fingerprint density at radius 1 is 1.21 bits per heavy atom. The molecular formula is C16H15NO2. The summed E-state index contributed by atoms with van der Waals surface area (Å²) in [5, 5.41) is 19.0. The Kier molecular flexibility index (Phi) is 4.17. The van der Waals surface area contributed by atoms with E-state index in [-0.39, 0.29) is 0 Å². The van der Waals surface area contributed by atoms with E-state index >= 15 is 0 Å². The van der Waals surface area contributed by atoms with Gasteiger partial charge in [0.05, 0.1) is 24.8 Å². The Morgan fingerprint density at radius 2 is 1.95 bits per heavy atom. The van der Waals surface area contributed by atoms with Crippen molar-refractivity contribution in [3.8, 4) is 11.8 Å². The average molecular weight is 253 g/mol. The largest absolute Gasteiger partial charge is 0.497 e. The molecule has 19 heavy (non-hydrogen) atoms. The van der Waals surface area contributed by atoms with Gasteiger partial charge < -0.3 is 9.84 Å². The van der Waals surface area contributed by atoms with E-state index in [4.69, 9.17) is 10.00 Å². The normalized spacial score (nSPS) is 11.6. The highest BCUT2D eigenvalue weighted by molar-refractivity contribution is 5.34. The van der Waals surface area contributed by atoms with Crippen LogP contribution in [0.4, 0.5) is 0 Å². The molecule has 2 rings (SSSR count). The minimum atomic E-state index is -0.583. The number of nitriles is 1. The summed E-state index contributed by atoms with van der Waals surface area (Å²) in [6, 6.07) is 16.7. The topological polar surface area (TPSA) is 53.2 Å². The van der Waals surface area contributed by atoms with Crippen LogP contribution in [0.15, 0.2) is 48.5 Å². The molecule has 3 heteroatoms. The number of benzene rings is 2. The number of hydrogen-bond acceptors (Lipinski definition) is 3. The van der Waals surface area contributed by atoms with Crippen molar-refractivity contribution in [1.82, 2.24) is 0 Å². The van der Waals surface area contributed by atoms with Gasteiger partial charge in [0.15, 0.2) is 0 Å². The first kappa shape index (κ1) is 13.1. The van der Waals surface area contributed by atoms with Gasteiger partial charge in [-0.15, -0.1) is 0 Å². The zero-order valence-corrected chi connectivity index (χ0v) is 10.7. The van der Waals surface area contributed by atoms with Crippen molar-refractivity contribution in [3.63, 3.8) is 0 Å². The summed E-state index contributed by atoms with van der Waals surface area (Å²) in [6.45, 7) is 0. The van der Waals surface area contributed by atoms with Crippen molar-refractivity contribution in [3.05, 3.63) is 65.2 Å². The van der Waals surface area contributed by atoms with E-state index in [9.17, 15) is 5.11 Å². The van der Waals surface area contributed by atoms with Crippen molar-refractivity contribution >= 4 is 0 Å². The number of aliphatic hydroxyl groups excluding tert-OH is 1. The molecule has 0 radical (unpaired) electrons. The molecule has 0 bridgehead atoms. The monoisotopic (exact) mass is 253 g/mol. The Bertz CT molecular complexity index is 584. The molecule has 2 aromatic carbocycles. The summed E-state index contributed by atoms with van der Waals surface area (Å²) in [6.07, 6.45) is -0.0955. The number of aliphatic hydroxyl groups is 1. The van der Waals surface area contributed by atoms with E-state index in [0.29, 0.717) is 12.0 Å². The van der Waals surface area contributed by atoms with E-state index in [2.05, 4.69) is 6.07 Å². The minimum absolute atomic E-state index is 0.488. The Hall–Kier alpha value is -2.31. The molecule has 0 spiro atoms. The molecule has 2 aromatic rings. The molecule has 96 valence electrons. The molecule has 1 unspecified atom stereocenters. The fraction of sp³-hybridized carbons (Fsp3) is 0.188. The Labute approximate surface area is 112 Å². The van der Waals surface area contributed by atoms with Crippen molar-refractivity contribution in [2.75, 3.05) is 7.11 Å². The molecule has 0 saturated heterocycles. The van der Waals surface area contributed by atoms with E-state index < -0.39 is 6.10 Å². The van der Waals surface area contributed by atoms with Crippen LogP contribution in [0.5, 0.6) is 5.75 Å². The van der Waals surface area contributed by atoms with E-state index in [0.717, 1.165) is 16.9 Å². The maximum atomic E-state index is 10.2. The highest BCUT2D eigenvalue weighted by Gasteiger charge is 2.09. The van der Waals surface area contributed by atoms with Gasteiger partial charge in [-0.25, -0.2) is 0 Å². The second-order valence-electron chi connectivity index (χ2n) is 4.31. The van der Waals surface area contributed by atoms with Crippen molar-refractivity contribution in [2.45, 2.75) is 12.5 Å². The third kappa shape index (κ3) is 3.34. The Morgan fingerprint density at radius 3 is 2.58 bits per heavy atom. The summed E-state index contributed by atoms with van der Waals surface area (Å²) in [5.74, 6) is 0.766. The van der Waals surface area contributed by atoms with E-state index in [1.807, 2.05) is 36.4 Å². The van der Waals surface area contributed by atoms with Gasteiger partial charge in [-0.3, -0.25) is 0 Å². The lowest BCUT2D eigenvalue weighted by Gasteiger charge is -2.12. The van der Waals surface area contributed by atoms with Crippen LogP contribution in [0, 0.1) is 11.3 Å². The van der Waals surface area contributed by atoms with Crippen LogP contribution in [-0.4, -0.2) is 12.2 Å². The summed E-state index contributed by atoms with van der Waals surface area (Å²) in [4.78, 5) is 0. The predicted molar refractivity (Wildman–Crippen MR) is 72.8 cm³/mol. The first-order valence-corrected chi connectivity index (χ1v) is 6.04. The maximum absolute atomic E-state index is 10.2. The number of ether oxygens (including phenoxy) is 1.